The van der Waals surface area contributed by atoms with Crippen LogP contribution in [0.5, 0.6) is 0 Å². The summed E-state index contributed by atoms with van der Waals surface area (Å²) in [6, 6.07) is 19.0. The van der Waals surface area contributed by atoms with Crippen LogP contribution >= 0.6 is 0 Å². The van der Waals surface area contributed by atoms with Crippen molar-refractivity contribution >= 4 is 11.9 Å². The lowest BCUT2D eigenvalue weighted by molar-refractivity contribution is -0.132. The number of nitrogens with one attached hydrogen (secondary N) is 1. The van der Waals surface area contributed by atoms with Gasteiger partial charge in [-0.3, -0.25) is 4.79 Å². The molecule has 160 valence electrons. The summed E-state index contributed by atoms with van der Waals surface area (Å²) in [5, 5.41) is 2.80. The van der Waals surface area contributed by atoms with Gasteiger partial charge >= 0.3 is 6.09 Å². The Morgan fingerprint density at radius 2 is 1.43 bits per heavy atom. The third-order valence-corrected chi connectivity index (χ3v) is 5.34. The van der Waals surface area contributed by atoms with E-state index in [9.17, 15) is 9.59 Å². The van der Waals surface area contributed by atoms with E-state index in [1.165, 1.54) is 6.08 Å². The second-order valence-electron chi connectivity index (χ2n) is 7.43. The molecule has 5 heteroatoms. The van der Waals surface area contributed by atoms with E-state index < -0.39 is 24.0 Å². The van der Waals surface area contributed by atoms with Gasteiger partial charge in [-0.05, 0) is 18.1 Å². The van der Waals surface area contributed by atoms with Crippen LogP contribution in [0.2, 0.25) is 0 Å². The zero-order valence-electron chi connectivity index (χ0n) is 18.1. The molecule has 1 amide bonds. The number of ether oxygens (including phenoxy) is 2. The first-order valence-corrected chi connectivity index (χ1v) is 10.1. The Balaban J connectivity index is 2.01. The van der Waals surface area contributed by atoms with Crippen LogP contribution in [-0.4, -0.2) is 25.1 Å². The van der Waals surface area contributed by atoms with Crippen molar-refractivity contribution in [3.05, 3.63) is 84.4 Å². The Bertz CT molecular complexity index is 822. The number of carbonyl (C=O) groups is 2. The van der Waals surface area contributed by atoms with E-state index in [2.05, 4.69) is 11.9 Å². The molecule has 2 rings (SSSR count). The van der Waals surface area contributed by atoms with E-state index >= 15 is 0 Å². The lowest BCUT2D eigenvalue weighted by Gasteiger charge is -2.27. The van der Waals surface area contributed by atoms with Crippen molar-refractivity contribution in [2.24, 2.45) is 11.8 Å². The summed E-state index contributed by atoms with van der Waals surface area (Å²) >= 11 is 0. The van der Waals surface area contributed by atoms with E-state index in [1.807, 2.05) is 74.5 Å². The number of amides is 1. The predicted octanol–water partition coefficient (Wildman–Crippen LogP) is 5.26. The fraction of sp³-hybridized carbons (Fsp3) is 0.360. The van der Waals surface area contributed by atoms with E-state index in [1.54, 1.807) is 14.0 Å². The van der Waals surface area contributed by atoms with Gasteiger partial charge in [0.05, 0.1) is 18.1 Å². The van der Waals surface area contributed by atoms with Crippen molar-refractivity contribution in [1.82, 2.24) is 5.32 Å². The fourth-order valence-corrected chi connectivity index (χ4v) is 3.51. The Kier molecular flexibility index (Phi) is 8.81. The minimum Gasteiger partial charge on any atom is -0.441 e. The van der Waals surface area contributed by atoms with E-state index in [0.29, 0.717) is 0 Å². The Labute approximate surface area is 179 Å². The number of alkyl carbamates (subject to hydrolysis) is 1. The van der Waals surface area contributed by atoms with Crippen LogP contribution in [0.1, 0.15) is 44.0 Å². The molecule has 0 saturated heterocycles. The molecular weight excluding hydrogens is 378 g/mol. The molecule has 30 heavy (non-hydrogen) atoms. The monoisotopic (exact) mass is 409 g/mol. The molecular formula is C25H31NO4. The van der Waals surface area contributed by atoms with Crippen LogP contribution in [0.25, 0.3) is 0 Å². The van der Waals surface area contributed by atoms with Crippen molar-refractivity contribution in [3.8, 4) is 0 Å². The number of ketones is 1. The number of hydrogen-bond acceptors (Lipinski definition) is 4. The van der Waals surface area contributed by atoms with Crippen LogP contribution in [0.4, 0.5) is 4.79 Å². The normalized spacial score (nSPS) is 15.9. The van der Waals surface area contributed by atoms with Crippen LogP contribution in [0, 0.1) is 11.8 Å². The number of methoxy groups -OCH3 is 1. The molecule has 1 N–H and O–H groups in total. The van der Waals surface area contributed by atoms with Gasteiger partial charge in [0.1, 0.15) is 11.9 Å². The molecule has 0 saturated carbocycles. The predicted molar refractivity (Wildman–Crippen MR) is 118 cm³/mol. The summed E-state index contributed by atoms with van der Waals surface area (Å²) in [5.74, 6) is -1.03. The molecule has 0 unspecified atom stereocenters. The molecule has 0 aliphatic carbocycles. The zero-order chi connectivity index (χ0) is 22.1. The molecule has 0 aliphatic heterocycles. The van der Waals surface area contributed by atoms with Crippen LogP contribution < -0.4 is 5.32 Å². The molecule has 0 aromatic heterocycles. The van der Waals surface area contributed by atoms with Gasteiger partial charge in [0.2, 0.25) is 0 Å². The van der Waals surface area contributed by atoms with Gasteiger partial charge in [-0.25, -0.2) is 4.79 Å². The average molecular weight is 410 g/mol. The zero-order valence-corrected chi connectivity index (χ0v) is 18.1. The van der Waals surface area contributed by atoms with E-state index in [0.717, 1.165) is 11.1 Å². The van der Waals surface area contributed by atoms with Gasteiger partial charge in [0.15, 0.2) is 0 Å². The number of benzene rings is 2. The van der Waals surface area contributed by atoms with Crippen LogP contribution in [-0.2, 0) is 14.3 Å². The number of carbonyl (C=O) groups excluding carboxylic acids is 2. The fourth-order valence-electron chi connectivity index (χ4n) is 3.51. The Hall–Kier alpha value is -2.92. The van der Waals surface area contributed by atoms with E-state index in [-0.39, 0.29) is 17.9 Å². The van der Waals surface area contributed by atoms with Crippen molar-refractivity contribution in [1.29, 1.82) is 0 Å². The van der Waals surface area contributed by atoms with Gasteiger partial charge in [-0.15, -0.1) is 0 Å². The van der Waals surface area contributed by atoms with Crippen molar-refractivity contribution in [2.75, 3.05) is 7.11 Å². The maximum atomic E-state index is 13.1. The Morgan fingerprint density at radius 1 is 0.900 bits per heavy atom. The molecule has 0 bridgehead atoms. The standard InChI is InChI=1S/C25H31NO4/c1-6-22(30-25(28)26-19(4)20-13-9-7-10-14-20)17(2)23(27)18(3)24(29-5)21-15-11-8-12-16-21/h6-19,22,24H,1H2,2-5H3,(H,26,28)/t17-,18+,19-,22-,24-/m0/s1. The molecule has 2 aromatic rings. The Morgan fingerprint density at radius 3 is 1.93 bits per heavy atom. The van der Waals surface area contributed by atoms with Crippen LogP contribution in [0.15, 0.2) is 73.3 Å². The average Bonchev–Trinajstić information content (AvgIpc) is 2.78. The highest BCUT2D eigenvalue weighted by Crippen LogP contribution is 2.29. The maximum absolute atomic E-state index is 13.1. The van der Waals surface area contributed by atoms with Gasteiger partial charge in [-0.1, -0.05) is 87.2 Å². The van der Waals surface area contributed by atoms with Crippen molar-refractivity contribution in [3.63, 3.8) is 0 Å². The summed E-state index contributed by atoms with van der Waals surface area (Å²) in [4.78, 5) is 25.5. The molecule has 5 nitrogen and oxygen atoms in total. The third kappa shape index (κ3) is 6.04. The highest BCUT2D eigenvalue weighted by atomic mass is 16.6. The topological polar surface area (TPSA) is 64.6 Å². The first-order chi connectivity index (χ1) is 14.4. The second kappa shape index (κ2) is 11.3. The summed E-state index contributed by atoms with van der Waals surface area (Å²) in [6.07, 6.45) is -0.212. The summed E-state index contributed by atoms with van der Waals surface area (Å²) in [5.41, 5.74) is 1.90. The molecule has 5 atom stereocenters. The molecule has 0 fully saturated rings. The molecule has 2 aromatic carbocycles. The molecule has 0 spiro atoms. The summed E-state index contributed by atoms with van der Waals surface area (Å²) in [7, 11) is 1.59. The van der Waals surface area contributed by atoms with Gasteiger partial charge in [0, 0.05) is 13.0 Å². The van der Waals surface area contributed by atoms with E-state index in [4.69, 9.17) is 9.47 Å². The molecule has 0 radical (unpaired) electrons. The summed E-state index contributed by atoms with van der Waals surface area (Å²) < 4.78 is 11.1. The third-order valence-electron chi connectivity index (χ3n) is 5.34. The smallest absolute Gasteiger partial charge is 0.408 e. The van der Waals surface area contributed by atoms with Crippen LogP contribution in [0.3, 0.4) is 0 Å². The highest BCUT2D eigenvalue weighted by molar-refractivity contribution is 5.84. The van der Waals surface area contributed by atoms with Gasteiger partial charge in [0.25, 0.3) is 0 Å². The highest BCUT2D eigenvalue weighted by Gasteiger charge is 2.33. The first kappa shape index (κ1) is 23.4. The second-order valence-corrected chi connectivity index (χ2v) is 7.43. The molecule has 0 aliphatic rings. The van der Waals surface area contributed by atoms with Crippen molar-refractivity contribution in [2.45, 2.75) is 39.0 Å². The minimum absolute atomic E-state index is 0.0560. The number of Topliss-reactive ketones (excluding diaryl/α,β-unsaturated/α-hetero) is 1. The first-order valence-electron chi connectivity index (χ1n) is 10.1. The summed E-state index contributed by atoms with van der Waals surface area (Å²) in [6.45, 7) is 9.20. The van der Waals surface area contributed by atoms with Gasteiger partial charge < -0.3 is 14.8 Å². The van der Waals surface area contributed by atoms with Gasteiger partial charge in [-0.2, -0.15) is 0 Å². The number of hydrogen-bond donors (Lipinski definition) is 1. The quantitative estimate of drug-likeness (QED) is 0.544. The van der Waals surface area contributed by atoms with Crippen molar-refractivity contribution < 1.29 is 19.1 Å². The minimum atomic E-state index is -0.740. The lowest BCUT2D eigenvalue weighted by Crippen LogP contribution is -2.37. The largest absolute Gasteiger partial charge is 0.441 e. The SMILES string of the molecule is C=C[C@H](OC(=O)N[C@@H](C)c1ccccc1)[C@H](C)C(=O)[C@@H](C)[C@H](OC)c1ccccc1. The maximum Gasteiger partial charge on any atom is 0.408 e. The number of rotatable bonds is 10. The molecule has 0 heterocycles. The lowest BCUT2D eigenvalue weighted by atomic mass is 9.85.